The van der Waals surface area contributed by atoms with Crippen LogP contribution in [0.3, 0.4) is 0 Å². The quantitative estimate of drug-likeness (QED) is 0.873. The molecule has 2 heterocycles. The first kappa shape index (κ1) is 12.1. The Morgan fingerprint density at radius 3 is 3.06 bits per heavy atom. The maximum atomic E-state index is 12.0. The van der Waals surface area contributed by atoms with Crippen LogP contribution in [0.4, 0.5) is 0 Å². The summed E-state index contributed by atoms with van der Waals surface area (Å²) >= 11 is 1.70. The number of nitrogens with zero attached hydrogens (tertiary/aromatic N) is 1. The lowest BCUT2D eigenvalue weighted by Crippen LogP contribution is -2.43. The molecule has 2 amide bonds. The molecule has 1 aliphatic heterocycles. The molecule has 0 aliphatic carbocycles. The molecule has 1 aliphatic rings. The minimum Gasteiger partial charge on any atom is -0.345 e. The van der Waals surface area contributed by atoms with Crippen LogP contribution in [0.1, 0.15) is 18.2 Å². The molecule has 1 atom stereocenters. The van der Waals surface area contributed by atoms with Crippen molar-refractivity contribution in [2.45, 2.75) is 25.8 Å². The van der Waals surface area contributed by atoms with Crippen LogP contribution in [0, 0.1) is 0 Å². The van der Waals surface area contributed by atoms with Gasteiger partial charge in [0, 0.05) is 24.4 Å². The van der Waals surface area contributed by atoms with E-state index in [2.05, 4.69) is 11.4 Å². The van der Waals surface area contributed by atoms with Gasteiger partial charge in [0.2, 0.25) is 11.8 Å². The van der Waals surface area contributed by atoms with Crippen molar-refractivity contribution >= 4 is 23.2 Å². The average molecular weight is 252 g/mol. The molecule has 17 heavy (non-hydrogen) atoms. The van der Waals surface area contributed by atoms with Crippen molar-refractivity contribution in [2.24, 2.45) is 0 Å². The summed E-state index contributed by atoms with van der Waals surface area (Å²) in [5.74, 6) is -0.0168. The fraction of sp³-hybridized carbons (Fsp3) is 0.500. The lowest BCUT2D eigenvalue weighted by Gasteiger charge is -2.21. The van der Waals surface area contributed by atoms with Gasteiger partial charge in [0.15, 0.2) is 0 Å². The lowest BCUT2D eigenvalue weighted by atomic mass is 10.2. The first-order valence-corrected chi connectivity index (χ1v) is 6.65. The predicted octanol–water partition coefficient (Wildman–Crippen LogP) is 1.03. The maximum Gasteiger partial charge on any atom is 0.244 e. The van der Waals surface area contributed by atoms with Crippen LogP contribution in [0.25, 0.3) is 0 Å². The van der Waals surface area contributed by atoms with E-state index in [0.29, 0.717) is 19.5 Å². The van der Waals surface area contributed by atoms with Crippen molar-refractivity contribution in [3.8, 4) is 0 Å². The molecule has 0 aromatic carbocycles. The van der Waals surface area contributed by atoms with E-state index in [1.54, 1.807) is 23.2 Å². The molecule has 1 aromatic rings. The molecule has 4 nitrogen and oxygen atoms in total. The molecule has 5 heteroatoms. The summed E-state index contributed by atoms with van der Waals surface area (Å²) in [5.41, 5.74) is 0. The van der Waals surface area contributed by atoms with Gasteiger partial charge in [-0.2, -0.15) is 0 Å². The fourth-order valence-corrected chi connectivity index (χ4v) is 2.62. The third-order valence-electron chi connectivity index (χ3n) is 2.88. The summed E-state index contributed by atoms with van der Waals surface area (Å²) < 4.78 is 0. The Hall–Kier alpha value is -1.36. The Labute approximate surface area is 105 Å². The van der Waals surface area contributed by atoms with E-state index in [1.165, 1.54) is 4.88 Å². The minimum atomic E-state index is -0.395. The summed E-state index contributed by atoms with van der Waals surface area (Å²) in [6, 6.07) is 3.69. The number of thiophene rings is 1. The molecule has 0 saturated carbocycles. The van der Waals surface area contributed by atoms with Crippen molar-refractivity contribution in [1.82, 2.24) is 10.2 Å². The van der Waals surface area contributed by atoms with E-state index < -0.39 is 6.04 Å². The summed E-state index contributed by atoms with van der Waals surface area (Å²) in [6.07, 6.45) is 1.27. The van der Waals surface area contributed by atoms with Crippen molar-refractivity contribution in [3.63, 3.8) is 0 Å². The van der Waals surface area contributed by atoms with E-state index in [4.69, 9.17) is 0 Å². The van der Waals surface area contributed by atoms with Crippen LogP contribution >= 0.6 is 11.3 Å². The average Bonchev–Trinajstić information content (AvgIpc) is 2.77. The standard InChI is InChI=1S/C12H16N2O2S/c1-9-12(16)14(7-5-11(15)13-9)6-4-10-3-2-8-17-10/h2-3,8-9H,4-7H2,1H3,(H,13,15). The van der Waals surface area contributed by atoms with E-state index >= 15 is 0 Å². The van der Waals surface area contributed by atoms with Gasteiger partial charge in [-0.1, -0.05) is 6.07 Å². The third-order valence-corrected chi connectivity index (χ3v) is 3.81. The SMILES string of the molecule is CC1NC(=O)CCN(CCc2cccs2)C1=O. The van der Waals surface area contributed by atoms with Crippen molar-refractivity contribution < 1.29 is 9.59 Å². The van der Waals surface area contributed by atoms with Crippen LogP contribution in [-0.2, 0) is 16.0 Å². The fourth-order valence-electron chi connectivity index (χ4n) is 1.92. The second-order valence-electron chi connectivity index (χ2n) is 4.19. The van der Waals surface area contributed by atoms with Gasteiger partial charge < -0.3 is 10.2 Å². The highest BCUT2D eigenvalue weighted by Crippen LogP contribution is 2.11. The van der Waals surface area contributed by atoms with Crippen LogP contribution in [0.2, 0.25) is 0 Å². The molecule has 0 bridgehead atoms. The Kier molecular flexibility index (Phi) is 3.78. The molecular weight excluding hydrogens is 236 g/mol. The van der Waals surface area contributed by atoms with Gasteiger partial charge in [0.25, 0.3) is 0 Å². The van der Waals surface area contributed by atoms with E-state index in [0.717, 1.165) is 6.42 Å². The maximum absolute atomic E-state index is 12.0. The van der Waals surface area contributed by atoms with Crippen molar-refractivity contribution in [1.29, 1.82) is 0 Å². The third kappa shape index (κ3) is 3.06. The molecule has 0 radical (unpaired) electrons. The number of hydrogen-bond acceptors (Lipinski definition) is 3. The Balaban J connectivity index is 1.94. The highest BCUT2D eigenvalue weighted by atomic mass is 32.1. The first-order chi connectivity index (χ1) is 8.16. The van der Waals surface area contributed by atoms with Gasteiger partial charge in [-0.05, 0) is 24.8 Å². The predicted molar refractivity (Wildman–Crippen MR) is 66.8 cm³/mol. The van der Waals surface area contributed by atoms with Crippen LogP contribution in [0.15, 0.2) is 17.5 Å². The van der Waals surface area contributed by atoms with E-state index in [1.807, 2.05) is 11.4 Å². The normalized spacial score (nSPS) is 21.2. The highest BCUT2D eigenvalue weighted by molar-refractivity contribution is 7.09. The second kappa shape index (κ2) is 5.31. The molecule has 1 unspecified atom stereocenters. The van der Waals surface area contributed by atoms with Gasteiger partial charge in [-0.3, -0.25) is 9.59 Å². The van der Waals surface area contributed by atoms with Crippen molar-refractivity contribution in [3.05, 3.63) is 22.4 Å². The van der Waals surface area contributed by atoms with Crippen molar-refractivity contribution in [2.75, 3.05) is 13.1 Å². The number of amides is 2. The molecule has 0 spiro atoms. The zero-order valence-corrected chi connectivity index (χ0v) is 10.6. The van der Waals surface area contributed by atoms with Gasteiger partial charge in [0.05, 0.1) is 0 Å². The van der Waals surface area contributed by atoms with Gasteiger partial charge in [-0.25, -0.2) is 0 Å². The second-order valence-corrected chi connectivity index (χ2v) is 5.23. The number of rotatable bonds is 3. The first-order valence-electron chi connectivity index (χ1n) is 5.77. The Morgan fingerprint density at radius 1 is 1.53 bits per heavy atom. The number of carbonyl (C=O) groups excluding carboxylic acids is 2. The largest absolute Gasteiger partial charge is 0.345 e. The molecule has 1 aromatic heterocycles. The molecule has 2 rings (SSSR count). The lowest BCUT2D eigenvalue weighted by molar-refractivity contribution is -0.133. The molecular formula is C12H16N2O2S. The summed E-state index contributed by atoms with van der Waals surface area (Å²) in [7, 11) is 0. The zero-order chi connectivity index (χ0) is 12.3. The molecule has 1 fully saturated rings. The van der Waals surface area contributed by atoms with Crippen LogP contribution < -0.4 is 5.32 Å². The smallest absolute Gasteiger partial charge is 0.244 e. The van der Waals surface area contributed by atoms with E-state index in [9.17, 15) is 9.59 Å². The van der Waals surface area contributed by atoms with E-state index in [-0.39, 0.29) is 11.8 Å². The monoisotopic (exact) mass is 252 g/mol. The molecule has 1 saturated heterocycles. The molecule has 92 valence electrons. The number of hydrogen-bond donors (Lipinski definition) is 1. The zero-order valence-electron chi connectivity index (χ0n) is 9.81. The van der Waals surface area contributed by atoms with Crippen LogP contribution in [0.5, 0.6) is 0 Å². The Bertz CT molecular complexity index is 403. The molecule has 1 N–H and O–H groups in total. The summed E-state index contributed by atoms with van der Waals surface area (Å²) in [5, 5.41) is 4.72. The van der Waals surface area contributed by atoms with Gasteiger partial charge in [-0.15, -0.1) is 11.3 Å². The highest BCUT2D eigenvalue weighted by Gasteiger charge is 2.25. The minimum absolute atomic E-state index is 0.0207. The topological polar surface area (TPSA) is 49.4 Å². The number of nitrogens with one attached hydrogen (secondary N) is 1. The van der Waals surface area contributed by atoms with Crippen LogP contribution in [-0.4, -0.2) is 35.8 Å². The Morgan fingerprint density at radius 2 is 2.35 bits per heavy atom. The van der Waals surface area contributed by atoms with Gasteiger partial charge in [0.1, 0.15) is 6.04 Å². The van der Waals surface area contributed by atoms with Gasteiger partial charge >= 0.3 is 0 Å². The number of carbonyl (C=O) groups is 2. The summed E-state index contributed by atoms with van der Waals surface area (Å²) in [4.78, 5) is 26.3. The summed E-state index contributed by atoms with van der Waals surface area (Å²) in [6.45, 7) is 2.96.